The van der Waals surface area contributed by atoms with Crippen LogP contribution in [-0.4, -0.2) is 24.9 Å². The van der Waals surface area contributed by atoms with Gasteiger partial charge in [-0.25, -0.2) is 4.99 Å². The summed E-state index contributed by atoms with van der Waals surface area (Å²) in [5.41, 5.74) is 1.47. The van der Waals surface area contributed by atoms with Crippen LogP contribution in [-0.2, 0) is 0 Å². The van der Waals surface area contributed by atoms with E-state index in [9.17, 15) is 9.59 Å². The fourth-order valence-electron chi connectivity index (χ4n) is 2.41. The molecule has 3 aromatic rings. The number of hydrogen-bond donors (Lipinski definition) is 2. The largest absolute Gasteiger partial charge is 0.497 e. The van der Waals surface area contributed by atoms with Crippen molar-refractivity contribution in [3.8, 4) is 5.75 Å². The minimum Gasteiger partial charge on any atom is -0.497 e. The monoisotopic (exact) mass is 373 g/mol. The molecule has 6 heteroatoms. The van der Waals surface area contributed by atoms with E-state index in [1.165, 1.54) is 0 Å². The highest BCUT2D eigenvalue weighted by Crippen LogP contribution is 2.17. The van der Waals surface area contributed by atoms with Gasteiger partial charge < -0.3 is 4.74 Å². The average Bonchev–Trinajstić information content (AvgIpc) is 2.75. The Morgan fingerprint density at radius 2 is 1.18 bits per heavy atom. The van der Waals surface area contributed by atoms with Gasteiger partial charge in [-0.2, -0.15) is 0 Å². The minimum absolute atomic E-state index is 0.0351. The molecule has 0 bridgehead atoms. The molecule has 0 saturated carbocycles. The van der Waals surface area contributed by atoms with Crippen LogP contribution < -0.4 is 15.4 Å². The Balaban J connectivity index is 1.85. The van der Waals surface area contributed by atoms with Gasteiger partial charge in [0.05, 0.1) is 12.8 Å². The Bertz CT molecular complexity index is 913. The van der Waals surface area contributed by atoms with Crippen LogP contribution in [0.5, 0.6) is 5.75 Å². The third-order valence-corrected chi connectivity index (χ3v) is 3.85. The summed E-state index contributed by atoms with van der Waals surface area (Å²) >= 11 is 0. The predicted octanol–water partition coefficient (Wildman–Crippen LogP) is 3.54. The molecule has 0 aromatic heterocycles. The third kappa shape index (κ3) is 5.04. The normalized spacial score (nSPS) is 9.89. The van der Waals surface area contributed by atoms with Crippen molar-refractivity contribution in [2.45, 2.75) is 0 Å². The molecular weight excluding hydrogens is 354 g/mol. The molecule has 0 radical (unpaired) electrons. The van der Waals surface area contributed by atoms with E-state index >= 15 is 0 Å². The number of ether oxygens (including phenoxy) is 1. The van der Waals surface area contributed by atoms with Crippen molar-refractivity contribution in [3.05, 3.63) is 96.1 Å². The van der Waals surface area contributed by atoms with E-state index in [1.54, 1.807) is 79.9 Å². The standard InChI is InChI=1S/C22H19N3O3/c1-28-19-14-12-18(13-15-19)23-22(24-20(26)16-8-4-2-5-9-16)25-21(27)17-10-6-3-7-11-17/h2-15H,1H3,(H2,23,24,25,26,27). The highest BCUT2D eigenvalue weighted by molar-refractivity contribution is 6.13. The first-order valence-corrected chi connectivity index (χ1v) is 8.61. The Hall–Kier alpha value is -3.93. The van der Waals surface area contributed by atoms with E-state index in [1.807, 2.05) is 12.1 Å². The van der Waals surface area contributed by atoms with E-state index in [0.717, 1.165) is 0 Å². The zero-order valence-electron chi connectivity index (χ0n) is 15.3. The quantitative estimate of drug-likeness (QED) is 0.542. The number of nitrogens with one attached hydrogen (secondary N) is 2. The Kier molecular flexibility index (Phi) is 6.15. The summed E-state index contributed by atoms with van der Waals surface area (Å²) in [5, 5.41) is 5.32. The Morgan fingerprint density at radius 3 is 1.61 bits per heavy atom. The van der Waals surface area contributed by atoms with E-state index in [-0.39, 0.29) is 17.8 Å². The molecule has 3 aromatic carbocycles. The molecule has 0 aliphatic carbocycles. The lowest BCUT2D eigenvalue weighted by atomic mass is 10.2. The van der Waals surface area contributed by atoms with Crippen molar-refractivity contribution >= 4 is 23.5 Å². The average molecular weight is 373 g/mol. The van der Waals surface area contributed by atoms with E-state index in [4.69, 9.17) is 4.74 Å². The SMILES string of the molecule is COc1ccc(N=C(NC(=O)c2ccccc2)NC(=O)c2ccccc2)cc1. The molecule has 0 fully saturated rings. The lowest BCUT2D eigenvalue weighted by molar-refractivity contribution is 0.0966. The number of carbonyl (C=O) groups is 2. The Labute approximate surface area is 162 Å². The number of nitrogens with zero attached hydrogens (tertiary/aromatic N) is 1. The van der Waals surface area contributed by atoms with E-state index < -0.39 is 0 Å². The predicted molar refractivity (Wildman–Crippen MR) is 108 cm³/mol. The summed E-state index contributed by atoms with van der Waals surface area (Å²) in [7, 11) is 1.57. The summed E-state index contributed by atoms with van der Waals surface area (Å²) in [6.45, 7) is 0. The number of methoxy groups -OCH3 is 1. The summed E-state index contributed by atoms with van der Waals surface area (Å²) in [6, 6.07) is 24.3. The molecule has 2 amide bonds. The molecule has 0 aliphatic rings. The number of amides is 2. The third-order valence-electron chi connectivity index (χ3n) is 3.85. The molecule has 140 valence electrons. The molecule has 0 heterocycles. The van der Waals surface area contributed by atoms with Gasteiger partial charge in [0, 0.05) is 11.1 Å². The van der Waals surface area contributed by atoms with Gasteiger partial charge in [0.25, 0.3) is 11.8 Å². The number of guanidine groups is 1. The number of carbonyl (C=O) groups excluding carboxylic acids is 2. The number of benzene rings is 3. The van der Waals surface area contributed by atoms with Crippen LogP contribution >= 0.6 is 0 Å². The van der Waals surface area contributed by atoms with Crippen molar-refractivity contribution in [1.82, 2.24) is 10.6 Å². The maximum atomic E-state index is 12.5. The maximum Gasteiger partial charge on any atom is 0.257 e. The maximum absolute atomic E-state index is 12.5. The van der Waals surface area contributed by atoms with Crippen molar-refractivity contribution in [1.29, 1.82) is 0 Å². The van der Waals surface area contributed by atoms with Crippen LogP contribution in [0.25, 0.3) is 0 Å². The molecule has 0 atom stereocenters. The van der Waals surface area contributed by atoms with Crippen molar-refractivity contribution in [2.24, 2.45) is 4.99 Å². The van der Waals surface area contributed by atoms with Crippen molar-refractivity contribution < 1.29 is 14.3 Å². The van der Waals surface area contributed by atoms with E-state index in [2.05, 4.69) is 15.6 Å². The molecule has 0 aliphatic heterocycles. The van der Waals surface area contributed by atoms with Crippen LogP contribution in [0.3, 0.4) is 0 Å². The first-order chi connectivity index (χ1) is 13.7. The first-order valence-electron chi connectivity index (χ1n) is 8.61. The van der Waals surface area contributed by atoms with Gasteiger partial charge in [0.1, 0.15) is 5.75 Å². The van der Waals surface area contributed by atoms with Gasteiger partial charge in [-0.15, -0.1) is 0 Å². The minimum atomic E-state index is -0.374. The fraction of sp³-hybridized carbons (Fsp3) is 0.0455. The second kappa shape index (κ2) is 9.14. The molecule has 0 spiro atoms. The van der Waals surface area contributed by atoms with Crippen LogP contribution in [0.4, 0.5) is 5.69 Å². The first kappa shape index (κ1) is 18.8. The number of aliphatic imine (C=N–C) groups is 1. The lowest BCUT2D eigenvalue weighted by Gasteiger charge is -2.11. The number of hydrogen-bond acceptors (Lipinski definition) is 4. The summed E-state index contributed by atoms with van der Waals surface area (Å²) in [5.74, 6) is -0.0301. The zero-order valence-corrected chi connectivity index (χ0v) is 15.3. The van der Waals surface area contributed by atoms with Crippen molar-refractivity contribution in [2.75, 3.05) is 7.11 Å². The van der Waals surface area contributed by atoms with Gasteiger partial charge in [0.2, 0.25) is 5.96 Å². The Morgan fingerprint density at radius 1 is 0.714 bits per heavy atom. The smallest absolute Gasteiger partial charge is 0.257 e. The molecule has 28 heavy (non-hydrogen) atoms. The molecule has 3 rings (SSSR count). The van der Waals surface area contributed by atoms with Gasteiger partial charge in [0.15, 0.2) is 0 Å². The van der Waals surface area contributed by atoms with Crippen LogP contribution in [0, 0.1) is 0 Å². The van der Waals surface area contributed by atoms with Crippen LogP contribution in [0.2, 0.25) is 0 Å². The topological polar surface area (TPSA) is 79.8 Å². The molecule has 2 N–H and O–H groups in total. The van der Waals surface area contributed by atoms with Gasteiger partial charge in [-0.1, -0.05) is 36.4 Å². The fourth-order valence-corrected chi connectivity index (χ4v) is 2.41. The van der Waals surface area contributed by atoms with Crippen LogP contribution in [0.1, 0.15) is 20.7 Å². The lowest BCUT2D eigenvalue weighted by Crippen LogP contribution is -2.43. The number of rotatable bonds is 4. The second-order valence-electron chi connectivity index (χ2n) is 5.80. The van der Waals surface area contributed by atoms with Crippen LogP contribution in [0.15, 0.2) is 89.9 Å². The van der Waals surface area contributed by atoms with Gasteiger partial charge in [-0.05, 0) is 48.5 Å². The second-order valence-corrected chi connectivity index (χ2v) is 5.80. The van der Waals surface area contributed by atoms with Crippen molar-refractivity contribution in [3.63, 3.8) is 0 Å². The molecular formula is C22H19N3O3. The van der Waals surface area contributed by atoms with Gasteiger partial charge >= 0.3 is 0 Å². The molecule has 0 saturated heterocycles. The summed E-state index contributed by atoms with van der Waals surface area (Å²) in [6.07, 6.45) is 0. The highest BCUT2D eigenvalue weighted by Gasteiger charge is 2.13. The molecule has 0 unspecified atom stereocenters. The van der Waals surface area contributed by atoms with Gasteiger partial charge in [-0.3, -0.25) is 20.2 Å². The summed E-state index contributed by atoms with van der Waals surface area (Å²) < 4.78 is 5.13. The summed E-state index contributed by atoms with van der Waals surface area (Å²) in [4.78, 5) is 29.4. The zero-order chi connectivity index (χ0) is 19.8. The molecule has 6 nitrogen and oxygen atoms in total. The highest BCUT2D eigenvalue weighted by atomic mass is 16.5. The van der Waals surface area contributed by atoms with E-state index in [0.29, 0.717) is 22.6 Å².